The summed E-state index contributed by atoms with van der Waals surface area (Å²) in [5.41, 5.74) is 0.686. The highest BCUT2D eigenvalue weighted by Crippen LogP contribution is 2.16. The monoisotopic (exact) mass is 236 g/mol. The number of aromatic nitrogens is 1. The van der Waals surface area contributed by atoms with Gasteiger partial charge in [-0.1, -0.05) is 18.2 Å². The highest BCUT2D eigenvalue weighted by atomic mass is 32.2. The molecule has 0 atom stereocenters. The molecule has 0 amide bonds. The summed E-state index contributed by atoms with van der Waals surface area (Å²) in [5, 5.41) is 1.01. The molecule has 2 aromatic rings. The van der Waals surface area contributed by atoms with E-state index in [0.717, 1.165) is 9.69 Å². The van der Waals surface area contributed by atoms with Crippen LogP contribution in [0.1, 0.15) is 0 Å². The molecule has 16 heavy (non-hydrogen) atoms. The summed E-state index contributed by atoms with van der Waals surface area (Å²) in [6.07, 6.45) is 0. The van der Waals surface area contributed by atoms with Crippen LogP contribution < -0.4 is 0 Å². The van der Waals surface area contributed by atoms with Crippen molar-refractivity contribution in [3.05, 3.63) is 36.4 Å². The molecule has 2 rings (SSSR count). The first-order chi connectivity index (χ1) is 7.51. The highest BCUT2D eigenvalue weighted by molar-refractivity contribution is 7.89. The molecule has 0 fully saturated rings. The fraction of sp³-hybridized carbons (Fsp3) is 0.182. The van der Waals surface area contributed by atoms with Crippen molar-refractivity contribution >= 4 is 20.9 Å². The van der Waals surface area contributed by atoms with Gasteiger partial charge in [-0.3, -0.25) is 0 Å². The molecule has 4 nitrogen and oxygen atoms in total. The average Bonchev–Trinajstić information content (AvgIpc) is 2.28. The van der Waals surface area contributed by atoms with E-state index in [1.54, 1.807) is 12.1 Å². The Morgan fingerprint density at radius 1 is 1.06 bits per heavy atom. The van der Waals surface area contributed by atoms with Crippen molar-refractivity contribution in [3.8, 4) is 0 Å². The van der Waals surface area contributed by atoms with Crippen molar-refractivity contribution < 1.29 is 8.42 Å². The highest BCUT2D eigenvalue weighted by Gasteiger charge is 2.18. The Hall–Kier alpha value is -1.46. The minimum Gasteiger partial charge on any atom is -0.235 e. The van der Waals surface area contributed by atoms with Crippen LogP contribution in [-0.2, 0) is 10.0 Å². The molecule has 84 valence electrons. The van der Waals surface area contributed by atoms with Gasteiger partial charge < -0.3 is 0 Å². The Morgan fingerprint density at radius 2 is 1.75 bits per heavy atom. The lowest BCUT2D eigenvalue weighted by molar-refractivity contribution is 0.517. The molecule has 1 aromatic heterocycles. The molecule has 0 unspecified atom stereocenters. The average molecular weight is 236 g/mol. The van der Waals surface area contributed by atoms with Crippen molar-refractivity contribution in [2.24, 2.45) is 0 Å². The summed E-state index contributed by atoms with van der Waals surface area (Å²) >= 11 is 0. The Balaban J connectivity index is 2.65. The zero-order chi connectivity index (χ0) is 11.8. The third-order valence-electron chi connectivity index (χ3n) is 2.32. The van der Waals surface area contributed by atoms with Gasteiger partial charge in [0.1, 0.15) is 0 Å². The van der Waals surface area contributed by atoms with E-state index in [1.165, 1.54) is 20.2 Å². The fourth-order valence-electron chi connectivity index (χ4n) is 1.38. The van der Waals surface area contributed by atoms with Gasteiger partial charge in [-0.15, -0.1) is 0 Å². The number of sulfonamides is 1. The van der Waals surface area contributed by atoms with Crippen LogP contribution in [0.5, 0.6) is 0 Å². The molecule has 0 bridgehead atoms. The molecule has 0 N–H and O–H groups in total. The first-order valence-corrected chi connectivity index (χ1v) is 6.24. The van der Waals surface area contributed by atoms with Crippen molar-refractivity contribution in [3.63, 3.8) is 0 Å². The van der Waals surface area contributed by atoms with E-state index in [2.05, 4.69) is 4.98 Å². The standard InChI is InChI=1S/C11H12N2O2S/c1-13(2)16(14,15)11-8-7-9-5-3-4-6-10(9)12-11/h3-8H,1-2H3. The van der Waals surface area contributed by atoms with Crippen LogP contribution in [0.4, 0.5) is 0 Å². The van der Waals surface area contributed by atoms with E-state index >= 15 is 0 Å². The molecule has 0 radical (unpaired) electrons. The summed E-state index contributed by atoms with van der Waals surface area (Å²) in [6.45, 7) is 0. The Morgan fingerprint density at radius 3 is 2.44 bits per heavy atom. The van der Waals surface area contributed by atoms with Crippen LogP contribution in [-0.4, -0.2) is 31.8 Å². The van der Waals surface area contributed by atoms with Crippen LogP contribution in [0.3, 0.4) is 0 Å². The minimum atomic E-state index is -3.45. The van der Waals surface area contributed by atoms with Crippen molar-refractivity contribution in [1.82, 2.24) is 9.29 Å². The van der Waals surface area contributed by atoms with Gasteiger partial charge in [0.2, 0.25) is 0 Å². The van der Waals surface area contributed by atoms with Crippen molar-refractivity contribution in [2.75, 3.05) is 14.1 Å². The zero-order valence-electron chi connectivity index (χ0n) is 9.08. The third-order valence-corrected chi connectivity index (χ3v) is 4.04. The maximum atomic E-state index is 11.8. The predicted octanol–water partition coefficient (Wildman–Crippen LogP) is 1.49. The largest absolute Gasteiger partial charge is 0.260 e. The van der Waals surface area contributed by atoms with E-state index in [0.29, 0.717) is 5.52 Å². The lowest BCUT2D eigenvalue weighted by Gasteiger charge is -2.10. The summed E-state index contributed by atoms with van der Waals surface area (Å²) in [7, 11) is -0.462. The van der Waals surface area contributed by atoms with E-state index in [4.69, 9.17) is 0 Å². The van der Waals surface area contributed by atoms with Crippen LogP contribution >= 0.6 is 0 Å². The van der Waals surface area contributed by atoms with E-state index < -0.39 is 10.0 Å². The molecule has 1 aromatic carbocycles. The topological polar surface area (TPSA) is 50.3 Å². The second-order valence-corrected chi connectivity index (χ2v) is 5.73. The lowest BCUT2D eigenvalue weighted by Crippen LogP contribution is -2.23. The Labute approximate surface area is 94.6 Å². The van der Waals surface area contributed by atoms with Gasteiger partial charge in [-0.2, -0.15) is 0 Å². The summed E-state index contributed by atoms with van der Waals surface area (Å²) in [4.78, 5) is 4.14. The maximum absolute atomic E-state index is 11.8. The summed E-state index contributed by atoms with van der Waals surface area (Å²) < 4.78 is 24.8. The molecule has 0 spiro atoms. The second-order valence-electron chi connectivity index (χ2n) is 3.63. The molecule has 0 aliphatic rings. The van der Waals surface area contributed by atoms with Gasteiger partial charge in [0.05, 0.1) is 5.52 Å². The van der Waals surface area contributed by atoms with E-state index in [1.807, 2.05) is 18.2 Å². The quantitative estimate of drug-likeness (QED) is 0.793. The molecular formula is C11H12N2O2S. The van der Waals surface area contributed by atoms with Gasteiger partial charge >= 0.3 is 0 Å². The van der Waals surface area contributed by atoms with Gasteiger partial charge in [0.25, 0.3) is 10.0 Å². The molecule has 0 saturated heterocycles. The number of pyridine rings is 1. The number of rotatable bonds is 2. The van der Waals surface area contributed by atoms with E-state index in [9.17, 15) is 8.42 Å². The Kier molecular flexibility index (Phi) is 2.65. The Bertz CT molecular complexity index is 621. The van der Waals surface area contributed by atoms with Gasteiger partial charge in [-0.25, -0.2) is 17.7 Å². The maximum Gasteiger partial charge on any atom is 0.260 e. The fourth-order valence-corrected chi connectivity index (χ4v) is 2.21. The smallest absolute Gasteiger partial charge is 0.235 e. The van der Waals surface area contributed by atoms with Gasteiger partial charge in [-0.05, 0) is 18.2 Å². The van der Waals surface area contributed by atoms with Crippen LogP contribution in [0.15, 0.2) is 41.4 Å². The number of benzene rings is 1. The van der Waals surface area contributed by atoms with E-state index in [-0.39, 0.29) is 5.03 Å². The number of nitrogens with zero attached hydrogens (tertiary/aromatic N) is 2. The van der Waals surface area contributed by atoms with Crippen LogP contribution in [0.2, 0.25) is 0 Å². The van der Waals surface area contributed by atoms with Gasteiger partial charge in [0.15, 0.2) is 5.03 Å². The van der Waals surface area contributed by atoms with Crippen LogP contribution in [0.25, 0.3) is 10.9 Å². The molecule has 0 aliphatic carbocycles. The van der Waals surface area contributed by atoms with Crippen molar-refractivity contribution in [2.45, 2.75) is 5.03 Å². The molecule has 0 saturated carbocycles. The minimum absolute atomic E-state index is 0.0798. The third kappa shape index (κ3) is 1.79. The number of fused-ring (bicyclic) bond motifs is 1. The van der Waals surface area contributed by atoms with Gasteiger partial charge in [0, 0.05) is 19.5 Å². The summed E-state index contributed by atoms with van der Waals surface area (Å²) in [6, 6.07) is 10.7. The second kappa shape index (κ2) is 3.84. The summed E-state index contributed by atoms with van der Waals surface area (Å²) in [5.74, 6) is 0. The lowest BCUT2D eigenvalue weighted by atomic mass is 10.2. The predicted molar refractivity (Wildman–Crippen MR) is 62.6 cm³/mol. The zero-order valence-corrected chi connectivity index (χ0v) is 9.90. The first-order valence-electron chi connectivity index (χ1n) is 4.80. The van der Waals surface area contributed by atoms with Crippen molar-refractivity contribution in [1.29, 1.82) is 0 Å². The molecule has 0 aliphatic heterocycles. The molecule has 1 heterocycles. The molecular weight excluding hydrogens is 224 g/mol. The first kappa shape index (κ1) is 11.0. The number of hydrogen-bond acceptors (Lipinski definition) is 3. The number of hydrogen-bond donors (Lipinski definition) is 0. The SMILES string of the molecule is CN(C)S(=O)(=O)c1ccc2ccccc2n1. The van der Waals surface area contributed by atoms with Crippen LogP contribution in [0, 0.1) is 0 Å². The molecule has 5 heteroatoms. The number of para-hydroxylation sites is 1. The normalized spacial score (nSPS) is 12.2.